The van der Waals surface area contributed by atoms with Crippen LogP contribution in [0.4, 0.5) is 0 Å². The zero-order valence-electron chi connectivity index (χ0n) is 17.7. The Morgan fingerprint density at radius 1 is 1.20 bits per heavy atom. The van der Waals surface area contributed by atoms with Crippen LogP contribution in [0, 0.1) is 0 Å². The number of hydrogen-bond acceptors (Lipinski definition) is 7. The molecular weight excluding hydrogens is 386 g/mol. The Labute approximate surface area is 176 Å². The van der Waals surface area contributed by atoms with Gasteiger partial charge in [0.25, 0.3) is 0 Å². The minimum atomic E-state index is -0.576. The molecule has 30 heavy (non-hydrogen) atoms. The summed E-state index contributed by atoms with van der Waals surface area (Å²) in [4.78, 5) is 25.9. The van der Waals surface area contributed by atoms with E-state index in [0.29, 0.717) is 54.4 Å². The number of phenols is 1. The van der Waals surface area contributed by atoms with Crippen molar-refractivity contribution in [3.63, 3.8) is 0 Å². The van der Waals surface area contributed by atoms with Gasteiger partial charge in [-0.2, -0.15) is 0 Å². The predicted molar refractivity (Wildman–Crippen MR) is 111 cm³/mol. The molecule has 0 unspecified atom stereocenters. The van der Waals surface area contributed by atoms with Crippen molar-refractivity contribution in [2.45, 2.75) is 46.0 Å². The monoisotopic (exact) mass is 415 g/mol. The Balaban J connectivity index is 2.03. The van der Waals surface area contributed by atoms with Gasteiger partial charge in [-0.25, -0.2) is 4.79 Å². The summed E-state index contributed by atoms with van der Waals surface area (Å²) in [6.45, 7) is 6.90. The standard InChI is InChI=1S/C23H29NO6/c1-4-28-11-12-30-23(27)20-14(3)24-16-7-6-8-18(26)22(16)21(20)15-9-10-17(25)19(13-15)29-5-2/h9-10,13,21,24-25H,4-8,11-12H2,1-3H3/t21-/m1/s1. The lowest BCUT2D eigenvalue weighted by atomic mass is 9.75. The first kappa shape index (κ1) is 21.9. The van der Waals surface area contributed by atoms with Gasteiger partial charge in [-0.1, -0.05) is 6.07 Å². The fourth-order valence-corrected chi connectivity index (χ4v) is 3.98. The van der Waals surface area contributed by atoms with E-state index in [2.05, 4.69) is 5.32 Å². The smallest absolute Gasteiger partial charge is 0.336 e. The lowest BCUT2D eigenvalue weighted by molar-refractivity contribution is -0.140. The number of aromatic hydroxyl groups is 1. The van der Waals surface area contributed by atoms with Crippen molar-refractivity contribution in [3.8, 4) is 11.5 Å². The van der Waals surface area contributed by atoms with Crippen LogP contribution in [-0.4, -0.2) is 43.3 Å². The number of carbonyl (C=O) groups is 2. The molecule has 0 radical (unpaired) electrons. The number of rotatable bonds is 8. The van der Waals surface area contributed by atoms with Gasteiger partial charge in [-0.05, 0) is 51.3 Å². The SMILES string of the molecule is CCOCCOC(=O)C1=C(C)NC2=C(C(=O)CCC2)[C@@H]1c1ccc(O)c(OCC)c1. The van der Waals surface area contributed by atoms with Gasteiger partial charge in [0, 0.05) is 35.9 Å². The number of dihydropyridines is 1. The van der Waals surface area contributed by atoms with Gasteiger partial charge in [0.1, 0.15) is 6.61 Å². The summed E-state index contributed by atoms with van der Waals surface area (Å²) in [5.41, 5.74) is 3.22. The van der Waals surface area contributed by atoms with E-state index >= 15 is 0 Å². The van der Waals surface area contributed by atoms with Crippen molar-refractivity contribution in [1.29, 1.82) is 0 Å². The van der Waals surface area contributed by atoms with E-state index in [0.717, 1.165) is 18.5 Å². The molecule has 0 aromatic heterocycles. The number of carbonyl (C=O) groups excluding carboxylic acids is 2. The third-order valence-corrected chi connectivity index (χ3v) is 5.28. The number of esters is 1. The molecule has 7 heteroatoms. The van der Waals surface area contributed by atoms with Gasteiger partial charge >= 0.3 is 5.97 Å². The number of ether oxygens (including phenoxy) is 3. The Hall–Kier alpha value is -2.80. The van der Waals surface area contributed by atoms with Crippen LogP contribution in [0.1, 0.15) is 51.5 Å². The second-order valence-corrected chi connectivity index (χ2v) is 7.26. The van der Waals surface area contributed by atoms with Crippen LogP contribution in [0.2, 0.25) is 0 Å². The van der Waals surface area contributed by atoms with Crippen molar-refractivity contribution in [3.05, 3.63) is 46.3 Å². The molecule has 0 bridgehead atoms. The summed E-state index contributed by atoms with van der Waals surface area (Å²) < 4.78 is 16.2. The second-order valence-electron chi connectivity index (χ2n) is 7.26. The summed E-state index contributed by atoms with van der Waals surface area (Å²) in [5.74, 6) is -0.707. The molecule has 0 amide bonds. The van der Waals surface area contributed by atoms with E-state index < -0.39 is 11.9 Å². The molecule has 162 valence electrons. The molecule has 0 fully saturated rings. The zero-order valence-corrected chi connectivity index (χ0v) is 17.7. The van der Waals surface area contributed by atoms with Crippen LogP contribution >= 0.6 is 0 Å². The van der Waals surface area contributed by atoms with Gasteiger partial charge < -0.3 is 24.6 Å². The maximum Gasteiger partial charge on any atom is 0.336 e. The number of ketones is 1. The van der Waals surface area contributed by atoms with Gasteiger partial charge in [-0.3, -0.25) is 4.79 Å². The number of allylic oxidation sites excluding steroid dienone is 3. The Morgan fingerprint density at radius 3 is 2.73 bits per heavy atom. The van der Waals surface area contributed by atoms with Crippen LogP contribution in [-0.2, 0) is 19.1 Å². The van der Waals surface area contributed by atoms with E-state index in [-0.39, 0.29) is 18.1 Å². The molecule has 1 aliphatic carbocycles. The summed E-state index contributed by atoms with van der Waals surface area (Å²) in [5, 5.41) is 13.4. The van der Waals surface area contributed by atoms with E-state index in [9.17, 15) is 14.7 Å². The fourth-order valence-electron chi connectivity index (χ4n) is 3.98. The van der Waals surface area contributed by atoms with Crippen molar-refractivity contribution in [2.24, 2.45) is 0 Å². The predicted octanol–water partition coefficient (Wildman–Crippen LogP) is 3.34. The van der Waals surface area contributed by atoms with E-state index in [1.54, 1.807) is 12.1 Å². The van der Waals surface area contributed by atoms with Gasteiger partial charge in [-0.15, -0.1) is 0 Å². The summed E-state index contributed by atoms with van der Waals surface area (Å²) in [6, 6.07) is 4.95. The number of Topliss-reactive ketones (excluding diaryl/α,β-unsaturated/α-hetero) is 1. The summed E-state index contributed by atoms with van der Waals surface area (Å²) in [7, 11) is 0. The highest BCUT2D eigenvalue weighted by atomic mass is 16.6. The second kappa shape index (κ2) is 9.80. The molecule has 1 aliphatic heterocycles. The van der Waals surface area contributed by atoms with Gasteiger partial charge in [0.05, 0.1) is 18.8 Å². The first-order valence-corrected chi connectivity index (χ1v) is 10.4. The molecule has 0 saturated carbocycles. The molecule has 1 atom stereocenters. The topological polar surface area (TPSA) is 94.1 Å². The molecule has 2 aliphatic rings. The third kappa shape index (κ3) is 4.51. The summed E-state index contributed by atoms with van der Waals surface area (Å²) in [6.07, 6.45) is 1.97. The van der Waals surface area contributed by atoms with Crippen molar-refractivity contribution < 1.29 is 28.9 Å². The molecule has 1 heterocycles. The summed E-state index contributed by atoms with van der Waals surface area (Å²) >= 11 is 0. The van der Waals surface area contributed by atoms with Crippen molar-refractivity contribution >= 4 is 11.8 Å². The zero-order chi connectivity index (χ0) is 21.7. The van der Waals surface area contributed by atoms with Gasteiger partial charge in [0.15, 0.2) is 17.3 Å². The quantitative estimate of drug-likeness (QED) is 0.497. The Morgan fingerprint density at radius 2 is 2.00 bits per heavy atom. The minimum absolute atomic E-state index is 0.0141. The number of nitrogens with one attached hydrogen (secondary N) is 1. The highest BCUT2D eigenvalue weighted by molar-refractivity contribution is 6.03. The van der Waals surface area contributed by atoms with E-state index in [1.807, 2.05) is 20.8 Å². The normalized spacial score (nSPS) is 18.8. The Bertz CT molecular complexity index is 886. The maximum atomic E-state index is 13.0. The first-order valence-electron chi connectivity index (χ1n) is 10.4. The molecular formula is C23H29NO6. The molecule has 0 saturated heterocycles. The van der Waals surface area contributed by atoms with E-state index in [1.165, 1.54) is 6.07 Å². The van der Waals surface area contributed by atoms with Crippen molar-refractivity contribution in [2.75, 3.05) is 26.4 Å². The highest BCUT2D eigenvalue weighted by Gasteiger charge is 2.39. The largest absolute Gasteiger partial charge is 0.504 e. The minimum Gasteiger partial charge on any atom is -0.504 e. The molecule has 7 nitrogen and oxygen atoms in total. The average molecular weight is 415 g/mol. The maximum absolute atomic E-state index is 13.0. The van der Waals surface area contributed by atoms with Gasteiger partial charge in [0.2, 0.25) is 0 Å². The van der Waals surface area contributed by atoms with Crippen LogP contribution in [0.3, 0.4) is 0 Å². The van der Waals surface area contributed by atoms with Crippen LogP contribution in [0.15, 0.2) is 40.7 Å². The van der Waals surface area contributed by atoms with Crippen LogP contribution < -0.4 is 10.1 Å². The third-order valence-electron chi connectivity index (χ3n) is 5.28. The van der Waals surface area contributed by atoms with Crippen LogP contribution in [0.5, 0.6) is 11.5 Å². The molecule has 3 rings (SSSR count). The molecule has 2 N–H and O–H groups in total. The Kier molecular flexibility index (Phi) is 7.15. The molecule has 1 aromatic rings. The lowest BCUT2D eigenvalue weighted by Gasteiger charge is -2.34. The fraction of sp³-hybridized carbons (Fsp3) is 0.478. The van der Waals surface area contributed by atoms with Crippen molar-refractivity contribution in [1.82, 2.24) is 5.32 Å². The van der Waals surface area contributed by atoms with Crippen LogP contribution in [0.25, 0.3) is 0 Å². The number of benzene rings is 1. The number of phenolic OH excluding ortho intramolecular Hbond substituents is 1. The lowest BCUT2D eigenvalue weighted by Crippen LogP contribution is -2.34. The average Bonchev–Trinajstić information content (AvgIpc) is 2.72. The molecule has 0 spiro atoms. The number of hydrogen-bond donors (Lipinski definition) is 2. The first-order chi connectivity index (χ1) is 14.5. The van der Waals surface area contributed by atoms with E-state index in [4.69, 9.17) is 14.2 Å². The highest BCUT2D eigenvalue weighted by Crippen LogP contribution is 2.44. The molecule has 1 aromatic carbocycles.